The average molecular weight is 386 g/mol. The monoisotopic (exact) mass is 386 g/mol. The van der Waals surface area contributed by atoms with E-state index in [1.54, 1.807) is 21.9 Å². The van der Waals surface area contributed by atoms with Crippen LogP contribution >= 0.6 is 0 Å². The van der Waals surface area contributed by atoms with Gasteiger partial charge in [-0.25, -0.2) is 13.2 Å². The maximum atomic E-state index is 13.3. The van der Waals surface area contributed by atoms with E-state index in [-0.39, 0.29) is 29.6 Å². The van der Waals surface area contributed by atoms with Crippen molar-refractivity contribution in [3.8, 4) is 5.75 Å². The predicted molar refractivity (Wildman–Crippen MR) is 105 cm³/mol. The summed E-state index contributed by atoms with van der Waals surface area (Å²) in [5.41, 5.74) is 2.45. The molecular formula is C20H22N2O4S. The predicted octanol–water partition coefficient (Wildman–Crippen LogP) is 3.01. The van der Waals surface area contributed by atoms with E-state index in [1.165, 1.54) is 0 Å². The number of anilines is 2. The zero-order chi connectivity index (χ0) is 19.2. The average Bonchev–Trinajstić information content (AvgIpc) is 3.04. The lowest BCUT2D eigenvalue weighted by molar-refractivity contribution is 0.255. The molecule has 2 aliphatic rings. The summed E-state index contributed by atoms with van der Waals surface area (Å²) in [6.45, 7) is 4.43. The number of sulfone groups is 1. The van der Waals surface area contributed by atoms with Gasteiger partial charge in [0.05, 0.1) is 30.2 Å². The number of urea groups is 1. The Morgan fingerprint density at radius 3 is 2.22 bits per heavy atom. The Labute approximate surface area is 159 Å². The number of nitrogens with zero attached hydrogens (tertiary/aromatic N) is 2. The highest BCUT2D eigenvalue weighted by atomic mass is 32.2. The number of ether oxygens (including phenoxy) is 1. The van der Waals surface area contributed by atoms with E-state index in [0.717, 1.165) is 17.0 Å². The van der Waals surface area contributed by atoms with E-state index in [2.05, 4.69) is 0 Å². The summed E-state index contributed by atoms with van der Waals surface area (Å²) in [7, 11) is -3.20. The summed E-state index contributed by atoms with van der Waals surface area (Å²) in [6.07, 6.45) is 0. The molecule has 2 fully saturated rings. The van der Waals surface area contributed by atoms with Gasteiger partial charge >= 0.3 is 6.03 Å². The molecule has 2 aromatic rings. The van der Waals surface area contributed by atoms with Crippen molar-refractivity contribution in [1.82, 2.24) is 0 Å². The Morgan fingerprint density at radius 1 is 1.00 bits per heavy atom. The molecule has 4 rings (SSSR count). The fourth-order valence-corrected chi connectivity index (χ4v) is 5.87. The van der Waals surface area contributed by atoms with Gasteiger partial charge in [0, 0.05) is 11.4 Å². The van der Waals surface area contributed by atoms with Gasteiger partial charge in [-0.15, -0.1) is 0 Å². The van der Waals surface area contributed by atoms with E-state index in [9.17, 15) is 13.2 Å². The molecule has 2 amide bonds. The zero-order valence-electron chi connectivity index (χ0n) is 15.3. The van der Waals surface area contributed by atoms with Gasteiger partial charge in [0.25, 0.3) is 0 Å². The minimum absolute atomic E-state index is 0.00905. The van der Waals surface area contributed by atoms with Crippen LogP contribution < -0.4 is 14.5 Å². The largest absolute Gasteiger partial charge is 0.494 e. The fourth-order valence-electron chi connectivity index (χ4n) is 3.95. The second kappa shape index (κ2) is 6.56. The molecule has 2 saturated heterocycles. The second-order valence-corrected chi connectivity index (χ2v) is 9.15. The first kappa shape index (κ1) is 17.9. The third-order valence-electron chi connectivity index (χ3n) is 5.07. The number of benzene rings is 2. The molecule has 0 aromatic heterocycles. The Morgan fingerprint density at radius 2 is 1.63 bits per heavy atom. The lowest BCUT2D eigenvalue weighted by Gasteiger charge is -2.23. The number of hydrogen-bond acceptors (Lipinski definition) is 4. The molecule has 0 spiro atoms. The number of aryl methyl sites for hydroxylation is 1. The van der Waals surface area contributed by atoms with Crippen LogP contribution in [0.25, 0.3) is 0 Å². The summed E-state index contributed by atoms with van der Waals surface area (Å²) in [6, 6.07) is 13.9. The highest BCUT2D eigenvalue weighted by Crippen LogP contribution is 2.38. The van der Waals surface area contributed by atoms with E-state index in [4.69, 9.17) is 4.74 Å². The van der Waals surface area contributed by atoms with Crippen LogP contribution in [0.4, 0.5) is 16.2 Å². The maximum Gasteiger partial charge on any atom is 0.329 e. The second-order valence-electron chi connectivity index (χ2n) is 7.00. The minimum atomic E-state index is -3.20. The molecule has 0 bridgehead atoms. The van der Waals surface area contributed by atoms with Crippen molar-refractivity contribution in [1.29, 1.82) is 0 Å². The molecule has 6 nitrogen and oxygen atoms in total. The summed E-state index contributed by atoms with van der Waals surface area (Å²) in [5, 5.41) is 0. The van der Waals surface area contributed by atoms with Crippen LogP contribution in [0.15, 0.2) is 48.5 Å². The van der Waals surface area contributed by atoms with Crippen LogP contribution in [0.5, 0.6) is 5.75 Å². The van der Waals surface area contributed by atoms with Crippen molar-refractivity contribution in [2.75, 3.05) is 27.9 Å². The van der Waals surface area contributed by atoms with Gasteiger partial charge in [-0.05, 0) is 55.8 Å². The maximum absolute atomic E-state index is 13.3. The van der Waals surface area contributed by atoms with Crippen molar-refractivity contribution >= 4 is 27.2 Å². The number of amides is 2. The third-order valence-corrected chi connectivity index (χ3v) is 6.77. The van der Waals surface area contributed by atoms with Crippen molar-refractivity contribution in [3.63, 3.8) is 0 Å². The molecule has 0 unspecified atom stereocenters. The SMILES string of the molecule is CCOc1ccc(N2C(=O)N(c3cccc(C)c3)[C@H]3CS(=O)(=O)C[C@H]32)cc1. The number of carbonyl (C=O) groups excluding carboxylic acids is 1. The highest BCUT2D eigenvalue weighted by molar-refractivity contribution is 7.91. The van der Waals surface area contributed by atoms with Crippen LogP contribution in [0.2, 0.25) is 0 Å². The fraction of sp³-hybridized carbons (Fsp3) is 0.350. The van der Waals surface area contributed by atoms with Crippen LogP contribution in [0.1, 0.15) is 12.5 Å². The molecule has 142 valence electrons. The molecule has 2 atom stereocenters. The molecule has 2 aliphatic heterocycles. The van der Waals surface area contributed by atoms with Gasteiger partial charge in [0.2, 0.25) is 0 Å². The summed E-state index contributed by atoms with van der Waals surface area (Å²) >= 11 is 0. The van der Waals surface area contributed by atoms with Crippen molar-refractivity contribution < 1.29 is 17.9 Å². The highest BCUT2D eigenvalue weighted by Gasteiger charge is 2.54. The van der Waals surface area contributed by atoms with Gasteiger partial charge in [0.1, 0.15) is 5.75 Å². The van der Waals surface area contributed by atoms with Crippen molar-refractivity contribution in [2.24, 2.45) is 0 Å². The van der Waals surface area contributed by atoms with E-state index < -0.39 is 9.84 Å². The molecule has 0 saturated carbocycles. The first-order chi connectivity index (χ1) is 12.9. The van der Waals surface area contributed by atoms with Crippen LogP contribution in [-0.4, -0.2) is 44.6 Å². The molecule has 27 heavy (non-hydrogen) atoms. The van der Waals surface area contributed by atoms with Crippen molar-refractivity contribution in [2.45, 2.75) is 25.9 Å². The molecule has 2 heterocycles. The molecule has 0 radical (unpaired) electrons. The molecule has 0 aliphatic carbocycles. The number of hydrogen-bond donors (Lipinski definition) is 0. The van der Waals surface area contributed by atoms with Crippen LogP contribution in [0, 0.1) is 6.92 Å². The summed E-state index contributed by atoms with van der Waals surface area (Å²) in [4.78, 5) is 16.5. The van der Waals surface area contributed by atoms with Crippen LogP contribution in [0.3, 0.4) is 0 Å². The summed E-state index contributed by atoms with van der Waals surface area (Å²) in [5.74, 6) is 0.697. The van der Waals surface area contributed by atoms with E-state index in [1.807, 2.05) is 50.2 Å². The third kappa shape index (κ3) is 3.16. The summed E-state index contributed by atoms with van der Waals surface area (Å²) < 4.78 is 30.1. The number of carbonyl (C=O) groups is 1. The molecule has 7 heteroatoms. The zero-order valence-corrected chi connectivity index (χ0v) is 16.1. The first-order valence-electron chi connectivity index (χ1n) is 9.02. The van der Waals surface area contributed by atoms with E-state index >= 15 is 0 Å². The number of fused-ring (bicyclic) bond motifs is 1. The molecule has 2 aromatic carbocycles. The van der Waals surface area contributed by atoms with Gasteiger partial charge in [-0.1, -0.05) is 12.1 Å². The lowest BCUT2D eigenvalue weighted by Crippen LogP contribution is -2.37. The normalized spacial score (nSPS) is 23.6. The quantitative estimate of drug-likeness (QED) is 0.758. The Hall–Kier alpha value is -2.54. The van der Waals surface area contributed by atoms with Gasteiger partial charge in [0.15, 0.2) is 9.84 Å². The van der Waals surface area contributed by atoms with Gasteiger partial charge in [-0.3, -0.25) is 9.80 Å². The Kier molecular flexibility index (Phi) is 4.34. The number of rotatable bonds is 4. The lowest BCUT2D eigenvalue weighted by atomic mass is 10.1. The van der Waals surface area contributed by atoms with E-state index in [0.29, 0.717) is 12.3 Å². The van der Waals surface area contributed by atoms with Crippen molar-refractivity contribution in [3.05, 3.63) is 54.1 Å². The standard InChI is InChI=1S/C20H22N2O4S/c1-3-26-17-9-7-15(8-10-17)21-18-12-27(24,25)13-19(18)22(20(21)23)16-6-4-5-14(2)11-16/h4-11,18-19H,3,12-13H2,1-2H3/t18-,19+/m1/s1. The minimum Gasteiger partial charge on any atom is -0.494 e. The van der Waals surface area contributed by atoms with Gasteiger partial charge in [-0.2, -0.15) is 0 Å². The first-order valence-corrected chi connectivity index (χ1v) is 10.8. The Balaban J connectivity index is 1.74. The topological polar surface area (TPSA) is 66.9 Å². The molecular weight excluding hydrogens is 364 g/mol. The smallest absolute Gasteiger partial charge is 0.329 e. The molecule has 0 N–H and O–H groups in total. The van der Waals surface area contributed by atoms with Crippen LogP contribution in [-0.2, 0) is 9.84 Å². The Bertz CT molecular complexity index is 972. The van der Waals surface area contributed by atoms with Gasteiger partial charge < -0.3 is 4.74 Å².